The number of thioether (sulfide) groups is 1. The second-order valence-electron chi connectivity index (χ2n) is 6.48. The van der Waals surface area contributed by atoms with Crippen molar-refractivity contribution in [3.63, 3.8) is 0 Å². The van der Waals surface area contributed by atoms with E-state index in [2.05, 4.69) is 10.2 Å². The van der Waals surface area contributed by atoms with Crippen molar-refractivity contribution >= 4 is 44.8 Å². The van der Waals surface area contributed by atoms with Crippen LogP contribution in [0, 0.1) is 10.1 Å². The van der Waals surface area contributed by atoms with Gasteiger partial charge in [-0.3, -0.25) is 23.9 Å². The summed E-state index contributed by atoms with van der Waals surface area (Å²) in [4.78, 5) is 23.6. The Labute approximate surface area is 179 Å². The van der Waals surface area contributed by atoms with Crippen molar-refractivity contribution in [2.24, 2.45) is 0 Å². The summed E-state index contributed by atoms with van der Waals surface area (Å²) in [5.41, 5.74) is 1.48. The summed E-state index contributed by atoms with van der Waals surface area (Å²) in [7, 11) is 0. The van der Waals surface area contributed by atoms with Crippen molar-refractivity contribution in [1.82, 2.24) is 19.2 Å². The Morgan fingerprint density at radius 2 is 2.13 bits per heavy atom. The van der Waals surface area contributed by atoms with Crippen molar-refractivity contribution in [3.05, 3.63) is 61.7 Å². The van der Waals surface area contributed by atoms with Gasteiger partial charge >= 0.3 is 5.00 Å². The molecule has 0 aliphatic heterocycles. The largest absolute Gasteiger partial charge is 0.382 e. The molecule has 0 radical (unpaired) electrons. The molecule has 0 N–H and O–H groups in total. The lowest BCUT2D eigenvalue weighted by molar-refractivity contribution is -0.380. The third-order valence-corrected chi connectivity index (χ3v) is 6.47. The van der Waals surface area contributed by atoms with Crippen LogP contribution in [-0.2, 0) is 17.0 Å². The smallest absolute Gasteiger partial charge is 0.324 e. The van der Waals surface area contributed by atoms with Gasteiger partial charge in [0.05, 0.1) is 15.8 Å². The first kappa shape index (κ1) is 20.5. The fourth-order valence-corrected chi connectivity index (χ4v) is 4.88. The number of benzene rings is 1. The van der Waals surface area contributed by atoms with Crippen LogP contribution in [0.25, 0.3) is 16.7 Å². The van der Waals surface area contributed by atoms with Crippen LogP contribution >= 0.6 is 23.1 Å². The Bertz CT molecular complexity index is 1260. The number of ether oxygens (including phenoxy) is 1. The number of rotatable bonds is 9. The lowest BCUT2D eigenvalue weighted by Crippen LogP contribution is -2.24. The molecule has 3 aromatic heterocycles. The van der Waals surface area contributed by atoms with E-state index < -0.39 is 0 Å². The molecule has 0 unspecified atom stereocenters. The molecular weight excluding hydrogens is 426 g/mol. The highest BCUT2D eigenvalue weighted by Crippen LogP contribution is 2.29. The summed E-state index contributed by atoms with van der Waals surface area (Å²) in [6.07, 6.45) is 0.690. The average Bonchev–Trinajstić information content (AvgIpc) is 3.39. The van der Waals surface area contributed by atoms with Crippen LogP contribution in [0.1, 0.15) is 18.9 Å². The Kier molecular flexibility index (Phi) is 6.11. The van der Waals surface area contributed by atoms with Gasteiger partial charge in [-0.2, -0.15) is 0 Å². The van der Waals surface area contributed by atoms with Crippen molar-refractivity contribution in [1.29, 1.82) is 0 Å². The first-order chi connectivity index (χ1) is 14.6. The molecule has 0 bridgehead atoms. The van der Waals surface area contributed by atoms with Gasteiger partial charge in [0.15, 0.2) is 5.16 Å². The van der Waals surface area contributed by atoms with Crippen LogP contribution in [0.5, 0.6) is 0 Å². The molecule has 30 heavy (non-hydrogen) atoms. The number of thiophene rings is 1. The van der Waals surface area contributed by atoms with E-state index >= 15 is 0 Å². The van der Waals surface area contributed by atoms with E-state index in [1.54, 1.807) is 22.1 Å². The molecule has 9 nitrogen and oxygen atoms in total. The minimum Gasteiger partial charge on any atom is -0.382 e. The normalized spacial score (nSPS) is 11.5. The van der Waals surface area contributed by atoms with E-state index in [0.717, 1.165) is 22.4 Å². The molecule has 0 fully saturated rings. The molecule has 0 saturated heterocycles. The second kappa shape index (κ2) is 8.94. The third kappa shape index (κ3) is 3.95. The maximum atomic E-state index is 13.0. The maximum Gasteiger partial charge on any atom is 0.324 e. The zero-order chi connectivity index (χ0) is 21.1. The average molecular weight is 446 g/mol. The number of aryl methyl sites for hydroxylation is 1. The molecule has 1 aromatic carbocycles. The molecule has 4 aromatic rings. The molecule has 3 heterocycles. The molecule has 4 rings (SSSR count). The van der Waals surface area contributed by atoms with Crippen LogP contribution in [0.4, 0.5) is 5.00 Å². The van der Waals surface area contributed by atoms with E-state index in [-0.39, 0.29) is 15.5 Å². The monoisotopic (exact) mass is 445 g/mol. The van der Waals surface area contributed by atoms with Gasteiger partial charge in [0.1, 0.15) is 0 Å². The predicted octanol–water partition coefficient (Wildman–Crippen LogP) is 3.73. The van der Waals surface area contributed by atoms with Crippen molar-refractivity contribution in [2.45, 2.75) is 30.8 Å². The van der Waals surface area contributed by atoms with E-state index in [1.165, 1.54) is 11.8 Å². The van der Waals surface area contributed by atoms with Gasteiger partial charge in [-0.05, 0) is 31.0 Å². The number of para-hydroxylation sites is 1. The Morgan fingerprint density at radius 3 is 2.90 bits per heavy atom. The first-order valence-electron chi connectivity index (χ1n) is 9.39. The van der Waals surface area contributed by atoms with Gasteiger partial charge < -0.3 is 4.74 Å². The Balaban J connectivity index is 1.71. The Morgan fingerprint density at radius 1 is 1.30 bits per heavy atom. The fourth-order valence-electron chi connectivity index (χ4n) is 3.18. The fraction of sp³-hybridized carbons (Fsp3) is 0.316. The van der Waals surface area contributed by atoms with Crippen molar-refractivity contribution in [3.8, 4) is 0 Å². The first-order valence-corrected chi connectivity index (χ1v) is 11.3. The van der Waals surface area contributed by atoms with Gasteiger partial charge in [-0.25, -0.2) is 0 Å². The van der Waals surface area contributed by atoms with Crippen LogP contribution in [0.2, 0.25) is 0 Å². The molecule has 0 aliphatic rings. The number of aromatic nitrogens is 4. The summed E-state index contributed by atoms with van der Waals surface area (Å²) in [5, 5.41) is 22.6. The molecule has 0 aliphatic carbocycles. The van der Waals surface area contributed by atoms with Gasteiger partial charge in [-0.1, -0.05) is 35.2 Å². The van der Waals surface area contributed by atoms with Crippen molar-refractivity contribution in [2.75, 3.05) is 13.2 Å². The highest BCUT2D eigenvalue weighted by molar-refractivity contribution is 7.98. The number of nitro groups is 1. The lowest BCUT2D eigenvalue weighted by atomic mass is 10.2. The van der Waals surface area contributed by atoms with E-state index in [1.807, 2.05) is 29.5 Å². The highest BCUT2D eigenvalue weighted by Gasteiger charge is 2.17. The summed E-state index contributed by atoms with van der Waals surface area (Å²) in [6.45, 7) is 3.61. The summed E-state index contributed by atoms with van der Waals surface area (Å²) in [5.74, 6) is 0.997. The number of hydrogen-bond donors (Lipinski definition) is 0. The van der Waals surface area contributed by atoms with E-state index in [4.69, 9.17) is 4.74 Å². The van der Waals surface area contributed by atoms with Crippen LogP contribution in [0.15, 0.2) is 45.7 Å². The zero-order valence-electron chi connectivity index (χ0n) is 16.2. The van der Waals surface area contributed by atoms with E-state index in [0.29, 0.717) is 48.3 Å². The minimum atomic E-state index is -0.389. The van der Waals surface area contributed by atoms with Crippen LogP contribution < -0.4 is 5.56 Å². The Hall–Kier alpha value is -2.76. The number of nitrogens with zero attached hydrogens (tertiary/aromatic N) is 5. The lowest BCUT2D eigenvalue weighted by Gasteiger charge is -2.11. The van der Waals surface area contributed by atoms with Gasteiger partial charge in [-0.15, -0.1) is 10.2 Å². The quantitative estimate of drug-likeness (QED) is 0.167. The molecule has 0 spiro atoms. The van der Waals surface area contributed by atoms with Crippen molar-refractivity contribution < 1.29 is 9.66 Å². The molecular formula is C19H19N5O4S2. The van der Waals surface area contributed by atoms with Gasteiger partial charge in [0.2, 0.25) is 5.78 Å². The highest BCUT2D eigenvalue weighted by atomic mass is 32.2. The SMILES string of the molecule is CCOCCCn1c(=O)c2ccccc2n2c(SCc3csc([N+](=O)[O-])c3)nnc12. The minimum absolute atomic E-state index is 0.105. The summed E-state index contributed by atoms with van der Waals surface area (Å²) in [6, 6.07) is 8.95. The molecule has 0 atom stereocenters. The predicted molar refractivity (Wildman–Crippen MR) is 116 cm³/mol. The van der Waals surface area contributed by atoms with Gasteiger partial charge in [0, 0.05) is 37.0 Å². The molecule has 0 amide bonds. The van der Waals surface area contributed by atoms with E-state index in [9.17, 15) is 14.9 Å². The standard InChI is InChI=1S/C19H19N5O4S2/c1-2-28-9-5-8-22-17(25)14-6-3-4-7-15(14)23-18(22)20-21-19(23)30-12-13-10-16(24(26)27)29-11-13/h3-4,6-7,10-11H,2,5,8-9,12H2,1H3. The summed E-state index contributed by atoms with van der Waals surface area (Å²) < 4.78 is 8.91. The van der Waals surface area contributed by atoms with Gasteiger partial charge in [0.25, 0.3) is 5.56 Å². The zero-order valence-corrected chi connectivity index (χ0v) is 17.8. The number of fused-ring (bicyclic) bond motifs is 3. The molecule has 11 heteroatoms. The number of hydrogen-bond acceptors (Lipinski definition) is 8. The third-order valence-electron chi connectivity index (χ3n) is 4.54. The van der Waals surface area contributed by atoms with Crippen LogP contribution in [0.3, 0.4) is 0 Å². The second-order valence-corrected chi connectivity index (χ2v) is 8.31. The maximum absolute atomic E-state index is 13.0. The molecule has 0 saturated carbocycles. The molecule has 156 valence electrons. The van der Waals surface area contributed by atoms with Crippen LogP contribution in [-0.4, -0.2) is 37.3 Å². The topological polar surface area (TPSA) is 105 Å². The summed E-state index contributed by atoms with van der Waals surface area (Å²) >= 11 is 2.54.